The van der Waals surface area contributed by atoms with Gasteiger partial charge in [0, 0.05) is 31.9 Å². The molecule has 19 heavy (non-hydrogen) atoms. The Morgan fingerprint density at radius 3 is 2.58 bits per heavy atom. The van der Waals surface area contributed by atoms with Crippen LogP contribution in [0.2, 0.25) is 0 Å². The molecule has 108 valence electrons. The van der Waals surface area contributed by atoms with Gasteiger partial charge < -0.3 is 4.57 Å². The van der Waals surface area contributed by atoms with E-state index in [2.05, 4.69) is 22.0 Å². The highest BCUT2D eigenvalue weighted by Gasteiger charge is 2.21. The van der Waals surface area contributed by atoms with Gasteiger partial charge in [-0.05, 0) is 25.2 Å². The largest absolute Gasteiger partial charge is 0.338 e. The predicted octanol–water partition coefficient (Wildman–Crippen LogP) is 2.55. The lowest BCUT2D eigenvalue weighted by Crippen LogP contribution is -2.41. The number of nitrogens with zero attached hydrogens (tertiary/aromatic N) is 2. The van der Waals surface area contributed by atoms with Crippen molar-refractivity contribution in [2.75, 3.05) is 0 Å². The summed E-state index contributed by atoms with van der Waals surface area (Å²) in [5.41, 5.74) is 3.06. The second-order valence-corrected chi connectivity index (χ2v) is 5.87. The van der Waals surface area contributed by atoms with Gasteiger partial charge in [0.15, 0.2) is 0 Å². The number of nitrogens with one attached hydrogen (secondary N) is 1. The lowest BCUT2D eigenvalue weighted by atomic mass is 9.84. The minimum Gasteiger partial charge on any atom is -0.338 e. The summed E-state index contributed by atoms with van der Waals surface area (Å²) in [7, 11) is 2.06. The molecule has 1 aliphatic rings. The van der Waals surface area contributed by atoms with Gasteiger partial charge in [-0.1, -0.05) is 32.1 Å². The first-order chi connectivity index (χ1) is 9.31. The van der Waals surface area contributed by atoms with Crippen LogP contribution in [-0.2, 0) is 13.5 Å². The topological polar surface area (TPSA) is 55.9 Å². The number of imidazole rings is 1. The van der Waals surface area contributed by atoms with E-state index in [4.69, 9.17) is 5.84 Å². The molecule has 0 radical (unpaired) electrons. The normalized spacial score (nSPS) is 19.9. The Morgan fingerprint density at radius 2 is 2.00 bits per heavy atom. The molecule has 0 spiro atoms. The van der Waals surface area contributed by atoms with E-state index in [1.54, 1.807) is 0 Å². The maximum Gasteiger partial charge on any atom is 0.108 e. The van der Waals surface area contributed by atoms with Crippen molar-refractivity contribution in [1.82, 2.24) is 15.0 Å². The Kier molecular flexibility index (Phi) is 5.86. The quantitative estimate of drug-likeness (QED) is 0.635. The fourth-order valence-electron chi connectivity index (χ4n) is 3.27. The summed E-state index contributed by atoms with van der Waals surface area (Å²) in [6.45, 7) is 0. The van der Waals surface area contributed by atoms with E-state index in [-0.39, 0.29) is 0 Å². The number of hydrazine groups is 1. The lowest BCUT2D eigenvalue weighted by molar-refractivity contribution is 0.274. The summed E-state index contributed by atoms with van der Waals surface area (Å²) in [6.07, 6.45) is 15.6. The highest BCUT2D eigenvalue weighted by molar-refractivity contribution is 4.92. The maximum absolute atomic E-state index is 5.79. The highest BCUT2D eigenvalue weighted by Crippen LogP contribution is 2.26. The van der Waals surface area contributed by atoms with Crippen molar-refractivity contribution in [2.24, 2.45) is 18.8 Å². The molecule has 1 saturated carbocycles. The predicted molar refractivity (Wildman–Crippen MR) is 78.4 cm³/mol. The molecular weight excluding hydrogens is 236 g/mol. The zero-order chi connectivity index (χ0) is 13.5. The number of aryl methyl sites for hydroxylation is 2. The van der Waals surface area contributed by atoms with E-state index in [9.17, 15) is 0 Å². The minimum absolute atomic E-state index is 0.440. The molecule has 0 aliphatic heterocycles. The summed E-state index contributed by atoms with van der Waals surface area (Å²) >= 11 is 0. The fourth-order valence-corrected chi connectivity index (χ4v) is 3.27. The van der Waals surface area contributed by atoms with Crippen molar-refractivity contribution < 1.29 is 0 Å². The van der Waals surface area contributed by atoms with Crippen LogP contribution >= 0.6 is 0 Å². The minimum atomic E-state index is 0.440. The third-order valence-electron chi connectivity index (χ3n) is 4.53. The number of hydrogen-bond acceptors (Lipinski definition) is 3. The molecule has 0 amide bonds. The SMILES string of the molecule is Cn1ccnc1CCC(NN)C1CCCCCCC1. The molecular formula is C15H28N4. The fraction of sp³-hybridized carbons (Fsp3) is 0.800. The van der Waals surface area contributed by atoms with E-state index < -0.39 is 0 Å². The second kappa shape index (κ2) is 7.65. The average Bonchev–Trinajstić information content (AvgIpc) is 2.77. The summed E-state index contributed by atoms with van der Waals surface area (Å²) in [6, 6.07) is 0.440. The van der Waals surface area contributed by atoms with Crippen LogP contribution in [0.1, 0.15) is 57.2 Å². The maximum atomic E-state index is 5.79. The van der Waals surface area contributed by atoms with Crippen LogP contribution in [0, 0.1) is 5.92 Å². The number of aromatic nitrogens is 2. The molecule has 0 saturated heterocycles. The molecule has 1 atom stereocenters. The van der Waals surface area contributed by atoms with Crippen LogP contribution in [-0.4, -0.2) is 15.6 Å². The number of nitrogens with two attached hydrogens (primary N) is 1. The van der Waals surface area contributed by atoms with Gasteiger partial charge in [0.1, 0.15) is 5.82 Å². The van der Waals surface area contributed by atoms with Crippen LogP contribution in [0.25, 0.3) is 0 Å². The van der Waals surface area contributed by atoms with E-state index >= 15 is 0 Å². The summed E-state index contributed by atoms with van der Waals surface area (Å²) in [5, 5.41) is 0. The molecule has 1 aromatic heterocycles. The Labute approximate surface area is 116 Å². The molecule has 4 heteroatoms. The van der Waals surface area contributed by atoms with Crippen molar-refractivity contribution in [3.63, 3.8) is 0 Å². The standard InChI is InChI=1S/C15H28N4/c1-19-12-11-17-15(19)10-9-14(18-16)13-7-5-3-2-4-6-8-13/h11-14,18H,2-10,16H2,1H3. The van der Waals surface area contributed by atoms with E-state index in [1.807, 2.05) is 12.4 Å². The van der Waals surface area contributed by atoms with Crippen LogP contribution in [0.4, 0.5) is 0 Å². The smallest absolute Gasteiger partial charge is 0.108 e. The zero-order valence-corrected chi connectivity index (χ0v) is 12.1. The molecule has 0 aromatic carbocycles. The van der Waals surface area contributed by atoms with Gasteiger partial charge in [-0.3, -0.25) is 11.3 Å². The van der Waals surface area contributed by atoms with Gasteiger partial charge in [-0.25, -0.2) is 4.98 Å². The van der Waals surface area contributed by atoms with Crippen molar-refractivity contribution in [3.05, 3.63) is 18.2 Å². The number of rotatable bonds is 5. The summed E-state index contributed by atoms with van der Waals surface area (Å²) < 4.78 is 2.10. The van der Waals surface area contributed by atoms with Crippen molar-refractivity contribution in [1.29, 1.82) is 0 Å². The second-order valence-electron chi connectivity index (χ2n) is 5.87. The van der Waals surface area contributed by atoms with Crippen molar-refractivity contribution >= 4 is 0 Å². The van der Waals surface area contributed by atoms with E-state index in [1.165, 1.54) is 44.9 Å². The van der Waals surface area contributed by atoms with Crippen LogP contribution in [0.15, 0.2) is 12.4 Å². The van der Waals surface area contributed by atoms with Gasteiger partial charge in [0.25, 0.3) is 0 Å². The van der Waals surface area contributed by atoms with Gasteiger partial charge in [-0.2, -0.15) is 0 Å². The molecule has 4 nitrogen and oxygen atoms in total. The summed E-state index contributed by atoms with van der Waals surface area (Å²) in [4.78, 5) is 4.40. The highest BCUT2D eigenvalue weighted by atomic mass is 15.2. The van der Waals surface area contributed by atoms with Crippen LogP contribution in [0.5, 0.6) is 0 Å². The molecule has 1 aliphatic carbocycles. The van der Waals surface area contributed by atoms with E-state index in [0.717, 1.165) is 24.6 Å². The third kappa shape index (κ3) is 4.32. The Bertz CT molecular complexity index is 353. The molecule has 1 heterocycles. The monoisotopic (exact) mass is 264 g/mol. The lowest BCUT2D eigenvalue weighted by Gasteiger charge is -2.28. The third-order valence-corrected chi connectivity index (χ3v) is 4.53. The van der Waals surface area contributed by atoms with Gasteiger partial charge in [0.05, 0.1) is 0 Å². The van der Waals surface area contributed by atoms with Crippen molar-refractivity contribution in [2.45, 2.75) is 63.8 Å². The molecule has 1 aromatic rings. The molecule has 1 fully saturated rings. The zero-order valence-electron chi connectivity index (χ0n) is 12.1. The first kappa shape index (κ1) is 14.5. The van der Waals surface area contributed by atoms with E-state index in [0.29, 0.717) is 6.04 Å². The van der Waals surface area contributed by atoms with Gasteiger partial charge >= 0.3 is 0 Å². The van der Waals surface area contributed by atoms with Gasteiger partial charge in [-0.15, -0.1) is 0 Å². The molecule has 0 bridgehead atoms. The Morgan fingerprint density at radius 1 is 1.32 bits per heavy atom. The molecule has 3 N–H and O–H groups in total. The Balaban J connectivity index is 1.85. The first-order valence-electron chi connectivity index (χ1n) is 7.73. The van der Waals surface area contributed by atoms with Crippen molar-refractivity contribution in [3.8, 4) is 0 Å². The molecule has 1 unspecified atom stereocenters. The first-order valence-corrected chi connectivity index (χ1v) is 7.73. The summed E-state index contributed by atoms with van der Waals surface area (Å²) in [5.74, 6) is 7.69. The Hall–Kier alpha value is -0.870. The van der Waals surface area contributed by atoms with Gasteiger partial charge in [0.2, 0.25) is 0 Å². The average molecular weight is 264 g/mol. The number of hydrogen-bond donors (Lipinski definition) is 2. The molecule has 2 rings (SSSR count). The van der Waals surface area contributed by atoms with Crippen LogP contribution in [0.3, 0.4) is 0 Å². The van der Waals surface area contributed by atoms with Crippen LogP contribution < -0.4 is 11.3 Å².